The lowest BCUT2D eigenvalue weighted by molar-refractivity contribution is -0.147. The highest BCUT2D eigenvalue weighted by Crippen LogP contribution is 2.24. The van der Waals surface area contributed by atoms with Gasteiger partial charge < -0.3 is 20.4 Å². The topological polar surface area (TPSA) is 98.0 Å². The normalized spacial score (nSPS) is 16.1. The first-order chi connectivity index (χ1) is 13.7. The van der Waals surface area contributed by atoms with E-state index >= 15 is 0 Å². The fourth-order valence-electron chi connectivity index (χ4n) is 2.83. The van der Waals surface area contributed by atoms with Crippen molar-refractivity contribution in [1.29, 1.82) is 0 Å². The van der Waals surface area contributed by atoms with E-state index < -0.39 is 29.7 Å². The van der Waals surface area contributed by atoms with Gasteiger partial charge in [-0.05, 0) is 52.4 Å². The van der Waals surface area contributed by atoms with Crippen LogP contribution in [0.2, 0.25) is 0 Å². The van der Waals surface area contributed by atoms with Crippen LogP contribution in [0.5, 0.6) is 0 Å². The minimum absolute atomic E-state index is 0.326. The molecule has 0 amide bonds. The minimum atomic E-state index is -1.24. The molecule has 168 valence electrons. The van der Waals surface area contributed by atoms with Crippen molar-refractivity contribution in [3.63, 3.8) is 0 Å². The molecule has 0 aliphatic heterocycles. The van der Waals surface area contributed by atoms with E-state index in [4.69, 9.17) is 5.11 Å². The number of carboxylic acids is 1. The second kappa shape index (κ2) is 16.4. The molecule has 0 heterocycles. The van der Waals surface area contributed by atoms with E-state index in [0.717, 1.165) is 12.8 Å². The molecule has 29 heavy (non-hydrogen) atoms. The smallest absolute Gasteiger partial charge is 0.309 e. The van der Waals surface area contributed by atoms with E-state index in [1.807, 2.05) is 6.08 Å². The summed E-state index contributed by atoms with van der Waals surface area (Å²) in [4.78, 5) is 11.1. The SMILES string of the molecule is CCCCC/C=C\C/C=C\C/C=C\C(O)C(O)C(O)CCCCC(C)(C)C(=O)O. The number of unbranched alkanes of at least 4 members (excludes halogenated alkanes) is 4. The Morgan fingerprint density at radius 1 is 0.897 bits per heavy atom. The molecule has 0 aliphatic carbocycles. The van der Waals surface area contributed by atoms with Crippen LogP contribution in [-0.4, -0.2) is 44.7 Å². The van der Waals surface area contributed by atoms with Gasteiger partial charge in [-0.15, -0.1) is 0 Å². The van der Waals surface area contributed by atoms with Crippen LogP contribution in [0.1, 0.15) is 85.0 Å². The number of carboxylic acid groups (broad SMARTS) is 1. The molecule has 3 atom stereocenters. The molecule has 0 spiro atoms. The lowest BCUT2D eigenvalue weighted by Gasteiger charge is -2.22. The van der Waals surface area contributed by atoms with Crippen molar-refractivity contribution in [1.82, 2.24) is 0 Å². The van der Waals surface area contributed by atoms with E-state index in [1.165, 1.54) is 25.3 Å². The Morgan fingerprint density at radius 3 is 2.14 bits per heavy atom. The second-order valence-electron chi connectivity index (χ2n) is 8.32. The Kier molecular flexibility index (Phi) is 15.6. The van der Waals surface area contributed by atoms with Gasteiger partial charge in [0.2, 0.25) is 0 Å². The van der Waals surface area contributed by atoms with Gasteiger partial charge in [0.1, 0.15) is 12.2 Å². The molecule has 3 unspecified atom stereocenters. The summed E-state index contributed by atoms with van der Waals surface area (Å²) in [5.74, 6) is -0.837. The zero-order chi connectivity index (χ0) is 22.1. The fourth-order valence-corrected chi connectivity index (χ4v) is 2.83. The number of carbonyl (C=O) groups is 1. The molecule has 5 heteroatoms. The molecule has 0 radical (unpaired) electrons. The van der Waals surface area contributed by atoms with Crippen LogP contribution < -0.4 is 0 Å². The standard InChI is InChI=1S/C24H42O5/c1-4-5-6-7-8-9-10-11-12-13-14-17-20(25)22(27)21(26)18-15-16-19-24(2,3)23(28)29/h8-9,11-12,14,17,20-22,25-27H,4-7,10,13,15-16,18-19H2,1-3H3,(H,28,29)/b9-8-,12-11-,17-14-. The second-order valence-corrected chi connectivity index (χ2v) is 8.32. The summed E-state index contributed by atoms with van der Waals surface area (Å²) >= 11 is 0. The molecule has 0 saturated carbocycles. The van der Waals surface area contributed by atoms with Crippen molar-refractivity contribution in [3.05, 3.63) is 36.5 Å². The number of aliphatic hydroxyl groups excluding tert-OH is 3. The van der Waals surface area contributed by atoms with E-state index in [1.54, 1.807) is 19.9 Å². The number of aliphatic carboxylic acids is 1. The first-order valence-electron chi connectivity index (χ1n) is 11.0. The molecule has 0 saturated heterocycles. The third kappa shape index (κ3) is 14.2. The van der Waals surface area contributed by atoms with Gasteiger partial charge in [-0.1, -0.05) is 69.1 Å². The predicted octanol–water partition coefficient (Wildman–Crippen LogP) is 4.77. The molecular weight excluding hydrogens is 368 g/mol. The average molecular weight is 411 g/mol. The van der Waals surface area contributed by atoms with Crippen molar-refractivity contribution in [3.8, 4) is 0 Å². The molecule has 0 rings (SSSR count). The Morgan fingerprint density at radius 2 is 1.52 bits per heavy atom. The van der Waals surface area contributed by atoms with Gasteiger partial charge in [-0.25, -0.2) is 0 Å². The van der Waals surface area contributed by atoms with Gasteiger partial charge in [-0.2, -0.15) is 0 Å². The van der Waals surface area contributed by atoms with Gasteiger partial charge in [0, 0.05) is 0 Å². The van der Waals surface area contributed by atoms with E-state index in [9.17, 15) is 20.1 Å². The number of allylic oxidation sites excluding steroid dienone is 5. The molecule has 0 fully saturated rings. The number of aliphatic hydroxyl groups is 3. The Balaban J connectivity index is 3.99. The largest absolute Gasteiger partial charge is 0.481 e. The molecule has 0 aromatic heterocycles. The predicted molar refractivity (Wildman–Crippen MR) is 119 cm³/mol. The van der Waals surface area contributed by atoms with Crippen molar-refractivity contribution < 1.29 is 25.2 Å². The molecule has 4 N–H and O–H groups in total. The zero-order valence-electron chi connectivity index (χ0n) is 18.5. The van der Waals surface area contributed by atoms with E-state index in [2.05, 4.69) is 25.2 Å². The maximum absolute atomic E-state index is 11.1. The van der Waals surface area contributed by atoms with Gasteiger partial charge in [0.05, 0.1) is 11.5 Å². The van der Waals surface area contributed by atoms with Crippen LogP contribution in [0.4, 0.5) is 0 Å². The average Bonchev–Trinajstić information content (AvgIpc) is 2.68. The lowest BCUT2D eigenvalue weighted by Crippen LogP contribution is -2.36. The Bertz CT molecular complexity index is 507. The summed E-state index contributed by atoms with van der Waals surface area (Å²) in [7, 11) is 0. The summed E-state index contributed by atoms with van der Waals surface area (Å²) in [5, 5.41) is 39.1. The van der Waals surface area contributed by atoms with Crippen LogP contribution in [0.15, 0.2) is 36.5 Å². The summed E-state index contributed by atoms with van der Waals surface area (Å²) in [6.07, 6.45) is 16.8. The summed E-state index contributed by atoms with van der Waals surface area (Å²) in [6.45, 7) is 5.54. The molecule has 0 aromatic rings. The van der Waals surface area contributed by atoms with Crippen LogP contribution in [0.25, 0.3) is 0 Å². The third-order valence-electron chi connectivity index (χ3n) is 5.06. The minimum Gasteiger partial charge on any atom is -0.481 e. The first kappa shape index (κ1) is 27.6. The van der Waals surface area contributed by atoms with Crippen LogP contribution in [-0.2, 0) is 4.79 Å². The summed E-state index contributed by atoms with van der Waals surface area (Å²) in [6, 6.07) is 0. The maximum Gasteiger partial charge on any atom is 0.309 e. The van der Waals surface area contributed by atoms with Crippen molar-refractivity contribution in [2.24, 2.45) is 5.41 Å². The summed E-state index contributed by atoms with van der Waals surface area (Å²) in [5.41, 5.74) is -0.788. The highest BCUT2D eigenvalue weighted by molar-refractivity contribution is 5.73. The molecule has 0 bridgehead atoms. The monoisotopic (exact) mass is 410 g/mol. The van der Waals surface area contributed by atoms with E-state index in [0.29, 0.717) is 32.1 Å². The Hall–Kier alpha value is -1.43. The quantitative estimate of drug-likeness (QED) is 0.204. The first-order valence-corrected chi connectivity index (χ1v) is 11.0. The third-order valence-corrected chi connectivity index (χ3v) is 5.06. The molecule has 0 aromatic carbocycles. The molecule has 0 aliphatic rings. The van der Waals surface area contributed by atoms with Gasteiger partial charge in [-0.3, -0.25) is 4.79 Å². The van der Waals surface area contributed by atoms with Crippen LogP contribution in [0.3, 0.4) is 0 Å². The highest BCUT2D eigenvalue weighted by Gasteiger charge is 2.27. The van der Waals surface area contributed by atoms with E-state index in [-0.39, 0.29) is 0 Å². The summed E-state index contributed by atoms with van der Waals surface area (Å²) < 4.78 is 0. The fraction of sp³-hybridized carbons (Fsp3) is 0.708. The number of hydrogen-bond donors (Lipinski definition) is 4. The lowest BCUT2D eigenvalue weighted by atomic mass is 9.86. The van der Waals surface area contributed by atoms with Gasteiger partial charge in [0.25, 0.3) is 0 Å². The van der Waals surface area contributed by atoms with Crippen molar-refractivity contribution >= 4 is 5.97 Å². The van der Waals surface area contributed by atoms with Crippen LogP contribution in [0, 0.1) is 5.41 Å². The molecule has 5 nitrogen and oxygen atoms in total. The zero-order valence-corrected chi connectivity index (χ0v) is 18.5. The van der Waals surface area contributed by atoms with Gasteiger partial charge in [0.15, 0.2) is 0 Å². The number of hydrogen-bond acceptors (Lipinski definition) is 4. The van der Waals surface area contributed by atoms with Crippen molar-refractivity contribution in [2.45, 2.75) is 103 Å². The van der Waals surface area contributed by atoms with Crippen LogP contribution >= 0.6 is 0 Å². The van der Waals surface area contributed by atoms with Gasteiger partial charge >= 0.3 is 5.97 Å². The Labute approximate surface area is 176 Å². The maximum atomic E-state index is 11.1. The van der Waals surface area contributed by atoms with Crippen molar-refractivity contribution in [2.75, 3.05) is 0 Å². The highest BCUT2D eigenvalue weighted by atomic mass is 16.4. The number of rotatable bonds is 17. The molecular formula is C24H42O5.